The van der Waals surface area contributed by atoms with Crippen molar-refractivity contribution in [3.63, 3.8) is 0 Å². The summed E-state index contributed by atoms with van der Waals surface area (Å²) in [4.78, 5) is 50.0. The van der Waals surface area contributed by atoms with E-state index in [1.807, 2.05) is 0 Å². The quantitative estimate of drug-likeness (QED) is 0.381. The summed E-state index contributed by atoms with van der Waals surface area (Å²) in [6.07, 6.45) is 1.33. The van der Waals surface area contributed by atoms with E-state index < -0.39 is 40.7 Å². The Kier molecular flexibility index (Phi) is 5.94. The number of benzene rings is 3. The van der Waals surface area contributed by atoms with Crippen molar-refractivity contribution in [3.8, 4) is 11.1 Å². The third kappa shape index (κ3) is 4.20. The number of amides is 4. The molecular formula is C27H22F2N4O4. The van der Waals surface area contributed by atoms with Gasteiger partial charge >= 0.3 is 0 Å². The Labute approximate surface area is 210 Å². The van der Waals surface area contributed by atoms with E-state index in [0.29, 0.717) is 36.1 Å². The first kappa shape index (κ1) is 24.1. The van der Waals surface area contributed by atoms with Gasteiger partial charge in [0.05, 0.1) is 11.1 Å². The topological polar surface area (TPSA) is 130 Å². The molecule has 37 heavy (non-hydrogen) atoms. The second-order valence-electron chi connectivity index (χ2n) is 9.11. The Morgan fingerprint density at radius 1 is 0.865 bits per heavy atom. The molecule has 1 fully saturated rings. The highest BCUT2D eigenvalue weighted by atomic mass is 19.1. The molecule has 0 unspecified atom stereocenters. The largest absolute Gasteiger partial charge is 0.366 e. The number of nitrogens with one attached hydrogen (secondary N) is 3. The van der Waals surface area contributed by atoms with Crippen LogP contribution in [-0.4, -0.2) is 23.6 Å². The lowest BCUT2D eigenvalue weighted by molar-refractivity contribution is -0.142. The lowest BCUT2D eigenvalue weighted by atomic mass is 9.67. The minimum absolute atomic E-state index is 0.0581. The molecule has 1 saturated carbocycles. The summed E-state index contributed by atoms with van der Waals surface area (Å²) in [5.41, 5.74) is 5.82. The van der Waals surface area contributed by atoms with Crippen LogP contribution in [0.2, 0.25) is 0 Å². The van der Waals surface area contributed by atoms with Crippen LogP contribution in [0.25, 0.3) is 11.1 Å². The maximum absolute atomic E-state index is 15.2. The number of nitrogens with two attached hydrogens (primary N) is 1. The Bertz CT molecular complexity index is 1470. The molecule has 3 aromatic rings. The number of hydrogen-bond donors (Lipinski definition) is 4. The molecule has 0 aromatic heterocycles. The van der Waals surface area contributed by atoms with Crippen molar-refractivity contribution in [3.05, 3.63) is 82.9 Å². The molecule has 188 valence electrons. The number of anilines is 2. The predicted molar refractivity (Wildman–Crippen MR) is 131 cm³/mol. The standard InChI is InChI=1S/C27H22F2N4O4/c28-14-2-4-15(5-3-14)32-25(36)27(10-1-11-27)26(37)33-16-6-7-18(21(29)12-16)17-8-9-19(23(30)34)22-20(17)13-31-24(22)35/h2-9,12H,1,10-11,13H2,(H2,30,34)(H,31,35)(H,32,36)(H,33,37). The van der Waals surface area contributed by atoms with Gasteiger partial charge in [-0.25, -0.2) is 8.78 Å². The van der Waals surface area contributed by atoms with Gasteiger partial charge in [0, 0.05) is 23.5 Å². The van der Waals surface area contributed by atoms with Gasteiger partial charge in [-0.15, -0.1) is 0 Å². The molecule has 0 bridgehead atoms. The summed E-state index contributed by atoms with van der Waals surface area (Å²) in [5.74, 6) is -3.40. The highest BCUT2D eigenvalue weighted by Crippen LogP contribution is 2.43. The Hall–Kier alpha value is -4.60. The zero-order valence-corrected chi connectivity index (χ0v) is 19.5. The first-order valence-corrected chi connectivity index (χ1v) is 11.6. The molecule has 2 aliphatic rings. The Balaban J connectivity index is 1.37. The summed E-state index contributed by atoms with van der Waals surface area (Å²) in [6, 6.07) is 12.2. The van der Waals surface area contributed by atoms with Gasteiger partial charge in [0.25, 0.3) is 5.91 Å². The van der Waals surface area contributed by atoms with Crippen molar-refractivity contribution in [2.24, 2.45) is 11.1 Å². The van der Waals surface area contributed by atoms with Gasteiger partial charge < -0.3 is 21.7 Å². The summed E-state index contributed by atoms with van der Waals surface area (Å²) in [5, 5.41) is 7.91. The molecule has 0 saturated heterocycles. The van der Waals surface area contributed by atoms with E-state index in [4.69, 9.17) is 5.73 Å². The van der Waals surface area contributed by atoms with Crippen LogP contribution >= 0.6 is 0 Å². The number of halogens is 2. The van der Waals surface area contributed by atoms with Gasteiger partial charge in [-0.2, -0.15) is 0 Å². The van der Waals surface area contributed by atoms with Crippen LogP contribution in [0.4, 0.5) is 20.2 Å². The van der Waals surface area contributed by atoms with Crippen molar-refractivity contribution < 1.29 is 28.0 Å². The molecule has 10 heteroatoms. The fourth-order valence-electron chi connectivity index (χ4n) is 4.74. The van der Waals surface area contributed by atoms with Crippen LogP contribution in [-0.2, 0) is 16.1 Å². The zero-order chi connectivity index (χ0) is 26.3. The van der Waals surface area contributed by atoms with Crippen LogP contribution < -0.4 is 21.7 Å². The third-order valence-corrected chi connectivity index (χ3v) is 6.93. The second kappa shape index (κ2) is 9.12. The molecule has 1 heterocycles. The smallest absolute Gasteiger partial charge is 0.252 e. The second-order valence-corrected chi connectivity index (χ2v) is 9.11. The Morgan fingerprint density at radius 2 is 1.49 bits per heavy atom. The molecule has 1 aliphatic carbocycles. The Morgan fingerprint density at radius 3 is 2.08 bits per heavy atom. The van der Waals surface area contributed by atoms with Crippen LogP contribution in [0.1, 0.15) is 45.5 Å². The molecule has 0 spiro atoms. The summed E-state index contributed by atoms with van der Waals surface area (Å²) in [6.45, 7) is 0.119. The van der Waals surface area contributed by atoms with Crippen molar-refractivity contribution in [2.75, 3.05) is 10.6 Å². The number of rotatable bonds is 6. The van der Waals surface area contributed by atoms with Crippen molar-refractivity contribution in [1.29, 1.82) is 0 Å². The molecule has 5 N–H and O–H groups in total. The fraction of sp³-hybridized carbons (Fsp3) is 0.185. The average Bonchev–Trinajstić information content (AvgIpc) is 3.21. The molecule has 4 amide bonds. The highest BCUT2D eigenvalue weighted by Gasteiger charge is 2.50. The van der Waals surface area contributed by atoms with Crippen LogP contribution in [0.5, 0.6) is 0 Å². The van der Waals surface area contributed by atoms with Gasteiger partial charge in [0.2, 0.25) is 17.7 Å². The normalized spacial score (nSPS) is 15.2. The number of hydrogen-bond acceptors (Lipinski definition) is 4. The summed E-state index contributed by atoms with van der Waals surface area (Å²) in [7, 11) is 0. The van der Waals surface area contributed by atoms with Gasteiger partial charge in [0.15, 0.2) is 0 Å². The van der Waals surface area contributed by atoms with E-state index in [0.717, 1.165) is 6.07 Å². The number of fused-ring (bicyclic) bond motifs is 1. The predicted octanol–water partition coefficient (Wildman–Crippen LogP) is 3.72. The summed E-state index contributed by atoms with van der Waals surface area (Å²) >= 11 is 0. The first-order chi connectivity index (χ1) is 17.7. The number of primary amides is 1. The molecule has 5 rings (SSSR count). The van der Waals surface area contributed by atoms with Crippen molar-refractivity contribution in [1.82, 2.24) is 5.32 Å². The maximum Gasteiger partial charge on any atom is 0.252 e. The highest BCUT2D eigenvalue weighted by molar-refractivity contribution is 6.15. The molecule has 1 aliphatic heterocycles. The molecule has 8 nitrogen and oxygen atoms in total. The number of carbonyl (C=O) groups excluding carboxylic acids is 4. The van der Waals surface area contributed by atoms with E-state index in [1.165, 1.54) is 48.5 Å². The van der Waals surface area contributed by atoms with E-state index in [2.05, 4.69) is 16.0 Å². The van der Waals surface area contributed by atoms with Crippen LogP contribution in [0.15, 0.2) is 54.6 Å². The van der Waals surface area contributed by atoms with E-state index in [-0.39, 0.29) is 28.9 Å². The van der Waals surface area contributed by atoms with Crippen molar-refractivity contribution >= 4 is 35.0 Å². The maximum atomic E-state index is 15.2. The minimum atomic E-state index is -1.32. The lowest BCUT2D eigenvalue weighted by Gasteiger charge is -2.38. The molecule has 0 radical (unpaired) electrons. The van der Waals surface area contributed by atoms with E-state index >= 15 is 4.39 Å². The van der Waals surface area contributed by atoms with E-state index in [9.17, 15) is 23.6 Å². The van der Waals surface area contributed by atoms with Crippen LogP contribution in [0, 0.1) is 17.0 Å². The van der Waals surface area contributed by atoms with E-state index in [1.54, 1.807) is 0 Å². The summed E-state index contributed by atoms with van der Waals surface area (Å²) < 4.78 is 28.4. The fourth-order valence-corrected chi connectivity index (χ4v) is 4.74. The minimum Gasteiger partial charge on any atom is -0.366 e. The van der Waals surface area contributed by atoms with Gasteiger partial charge in [-0.05, 0) is 72.5 Å². The molecule has 3 aromatic carbocycles. The van der Waals surface area contributed by atoms with Gasteiger partial charge in [-0.1, -0.05) is 12.5 Å². The number of carbonyl (C=O) groups is 4. The molecular weight excluding hydrogens is 482 g/mol. The lowest BCUT2D eigenvalue weighted by Crippen LogP contribution is -2.50. The van der Waals surface area contributed by atoms with Crippen LogP contribution in [0.3, 0.4) is 0 Å². The first-order valence-electron chi connectivity index (χ1n) is 11.6. The van der Waals surface area contributed by atoms with Gasteiger partial charge in [-0.3, -0.25) is 19.2 Å². The van der Waals surface area contributed by atoms with Gasteiger partial charge in [0.1, 0.15) is 17.0 Å². The molecule has 0 atom stereocenters. The zero-order valence-electron chi connectivity index (χ0n) is 19.5. The van der Waals surface area contributed by atoms with Crippen molar-refractivity contribution in [2.45, 2.75) is 25.8 Å². The SMILES string of the molecule is NC(=O)c1ccc(-c2ccc(NC(=O)C3(C(=O)Nc4ccc(F)cc4)CCC3)cc2F)c2c1C(=O)NC2. The third-order valence-electron chi connectivity index (χ3n) is 6.93. The monoisotopic (exact) mass is 504 g/mol. The average molecular weight is 504 g/mol.